The van der Waals surface area contributed by atoms with Crippen LogP contribution in [0.25, 0.3) is 0 Å². The standard InChI is InChI=1S/C28H26N2O3/c1-32-25-15-7-9-19(29-25)17-28(18-20-10-8-16-26(30-20)33-2)23-13-5-3-11-21(23)27(31)22-12-4-6-14-24(22)28/h3-16,27,31H,17-18H2,1-2H3. The number of pyridine rings is 2. The molecule has 33 heavy (non-hydrogen) atoms. The first-order valence-electron chi connectivity index (χ1n) is 11.0. The molecule has 0 unspecified atom stereocenters. The van der Waals surface area contributed by atoms with Gasteiger partial charge in [0.1, 0.15) is 6.10 Å². The van der Waals surface area contributed by atoms with Gasteiger partial charge in [0.25, 0.3) is 0 Å². The molecule has 1 aliphatic carbocycles. The highest BCUT2D eigenvalue weighted by Crippen LogP contribution is 2.49. The smallest absolute Gasteiger partial charge is 0.213 e. The molecule has 0 saturated carbocycles. The average Bonchev–Trinajstić information content (AvgIpc) is 2.87. The fourth-order valence-electron chi connectivity index (χ4n) is 5.06. The number of nitrogens with zero attached hydrogens (tertiary/aromatic N) is 2. The number of methoxy groups -OCH3 is 2. The summed E-state index contributed by atoms with van der Waals surface area (Å²) in [6.07, 6.45) is 0.579. The Morgan fingerprint density at radius 3 is 1.58 bits per heavy atom. The van der Waals surface area contributed by atoms with Crippen LogP contribution in [0, 0.1) is 0 Å². The Hall–Kier alpha value is -3.70. The molecule has 5 rings (SSSR count). The van der Waals surface area contributed by atoms with Gasteiger partial charge in [-0.2, -0.15) is 0 Å². The minimum Gasteiger partial charge on any atom is -0.481 e. The van der Waals surface area contributed by atoms with Gasteiger partial charge in [-0.15, -0.1) is 0 Å². The van der Waals surface area contributed by atoms with E-state index >= 15 is 0 Å². The van der Waals surface area contributed by atoms with Crippen LogP contribution in [0.3, 0.4) is 0 Å². The second-order valence-corrected chi connectivity index (χ2v) is 8.36. The van der Waals surface area contributed by atoms with Gasteiger partial charge < -0.3 is 14.6 Å². The van der Waals surface area contributed by atoms with E-state index in [0.29, 0.717) is 24.6 Å². The predicted molar refractivity (Wildman–Crippen MR) is 127 cm³/mol. The van der Waals surface area contributed by atoms with Crippen molar-refractivity contribution in [1.82, 2.24) is 9.97 Å². The van der Waals surface area contributed by atoms with E-state index in [9.17, 15) is 5.11 Å². The molecular formula is C28H26N2O3. The van der Waals surface area contributed by atoms with Crippen LogP contribution < -0.4 is 9.47 Å². The topological polar surface area (TPSA) is 64.5 Å². The van der Waals surface area contributed by atoms with Crippen molar-refractivity contribution in [3.8, 4) is 11.8 Å². The molecule has 1 N–H and O–H groups in total. The van der Waals surface area contributed by atoms with E-state index in [-0.39, 0.29) is 0 Å². The van der Waals surface area contributed by atoms with Gasteiger partial charge in [-0.3, -0.25) is 0 Å². The molecule has 1 aliphatic rings. The molecule has 2 heterocycles. The Labute approximate surface area is 193 Å². The minimum absolute atomic E-state index is 0.481. The largest absolute Gasteiger partial charge is 0.481 e. The third kappa shape index (κ3) is 3.74. The Morgan fingerprint density at radius 2 is 1.12 bits per heavy atom. The van der Waals surface area contributed by atoms with Crippen LogP contribution in [0.5, 0.6) is 11.8 Å². The van der Waals surface area contributed by atoms with E-state index in [2.05, 4.69) is 12.1 Å². The molecule has 0 radical (unpaired) electrons. The molecule has 0 atom stereocenters. The first kappa shape index (κ1) is 21.2. The third-order valence-electron chi connectivity index (χ3n) is 6.49. The molecule has 5 heteroatoms. The van der Waals surface area contributed by atoms with E-state index in [1.807, 2.05) is 72.8 Å². The lowest BCUT2D eigenvalue weighted by Crippen LogP contribution is -2.39. The van der Waals surface area contributed by atoms with Crippen molar-refractivity contribution >= 4 is 0 Å². The zero-order valence-electron chi connectivity index (χ0n) is 18.7. The monoisotopic (exact) mass is 438 g/mol. The number of aliphatic hydroxyl groups excluding tert-OH is 1. The molecule has 0 saturated heterocycles. The van der Waals surface area contributed by atoms with Gasteiger partial charge in [0.15, 0.2) is 0 Å². The number of benzene rings is 2. The lowest BCUT2D eigenvalue weighted by molar-refractivity contribution is 0.207. The Morgan fingerprint density at radius 1 is 0.667 bits per heavy atom. The summed E-state index contributed by atoms with van der Waals surface area (Å²) in [4.78, 5) is 9.48. The number of hydrogen-bond donors (Lipinski definition) is 1. The van der Waals surface area contributed by atoms with Gasteiger partial charge in [0.05, 0.1) is 14.2 Å². The molecule has 0 aliphatic heterocycles. The van der Waals surface area contributed by atoms with Crippen LogP contribution in [0.4, 0.5) is 0 Å². The average molecular weight is 439 g/mol. The maximum atomic E-state index is 11.3. The van der Waals surface area contributed by atoms with Gasteiger partial charge >= 0.3 is 0 Å². The van der Waals surface area contributed by atoms with Crippen molar-refractivity contribution in [2.45, 2.75) is 24.4 Å². The van der Waals surface area contributed by atoms with Crippen molar-refractivity contribution in [1.29, 1.82) is 0 Å². The van der Waals surface area contributed by atoms with Gasteiger partial charge in [0, 0.05) is 41.8 Å². The van der Waals surface area contributed by atoms with Crippen molar-refractivity contribution in [2.75, 3.05) is 14.2 Å². The third-order valence-corrected chi connectivity index (χ3v) is 6.49. The molecule has 2 aromatic heterocycles. The summed E-state index contributed by atoms with van der Waals surface area (Å²) in [5, 5.41) is 11.3. The summed E-state index contributed by atoms with van der Waals surface area (Å²) in [6, 6.07) is 28.0. The lowest BCUT2D eigenvalue weighted by atomic mass is 9.61. The van der Waals surface area contributed by atoms with Crippen LogP contribution in [0.1, 0.15) is 39.7 Å². The molecule has 4 aromatic rings. The molecule has 166 valence electrons. The lowest BCUT2D eigenvalue weighted by Gasteiger charge is -2.43. The number of ether oxygens (including phenoxy) is 2. The number of aromatic nitrogens is 2. The highest BCUT2D eigenvalue weighted by molar-refractivity contribution is 5.57. The molecule has 5 nitrogen and oxygen atoms in total. The quantitative estimate of drug-likeness (QED) is 0.474. The van der Waals surface area contributed by atoms with Crippen LogP contribution in [-0.2, 0) is 18.3 Å². The van der Waals surface area contributed by atoms with E-state index < -0.39 is 11.5 Å². The fraction of sp³-hybridized carbons (Fsp3) is 0.214. The maximum Gasteiger partial charge on any atom is 0.213 e. The van der Waals surface area contributed by atoms with E-state index in [4.69, 9.17) is 19.4 Å². The maximum absolute atomic E-state index is 11.3. The van der Waals surface area contributed by atoms with Gasteiger partial charge in [-0.1, -0.05) is 60.7 Å². The molecule has 0 amide bonds. The van der Waals surface area contributed by atoms with Crippen molar-refractivity contribution in [2.24, 2.45) is 0 Å². The van der Waals surface area contributed by atoms with Crippen LogP contribution in [0.15, 0.2) is 84.9 Å². The van der Waals surface area contributed by atoms with E-state index in [0.717, 1.165) is 33.6 Å². The predicted octanol–water partition coefficient (Wildman–Crippen LogP) is 4.66. The number of hydrogen-bond acceptors (Lipinski definition) is 5. The molecule has 0 fully saturated rings. The zero-order valence-corrected chi connectivity index (χ0v) is 18.7. The second-order valence-electron chi connectivity index (χ2n) is 8.36. The second kappa shape index (κ2) is 8.68. The first-order chi connectivity index (χ1) is 16.1. The number of aliphatic hydroxyl groups is 1. The summed E-state index contributed by atoms with van der Waals surface area (Å²) in [5.41, 5.74) is 5.36. The van der Waals surface area contributed by atoms with Crippen LogP contribution in [0.2, 0.25) is 0 Å². The van der Waals surface area contributed by atoms with Crippen molar-refractivity contribution in [3.63, 3.8) is 0 Å². The van der Waals surface area contributed by atoms with E-state index in [1.54, 1.807) is 14.2 Å². The summed E-state index contributed by atoms with van der Waals surface area (Å²) in [5.74, 6) is 1.17. The Kier molecular flexibility index (Phi) is 5.56. The minimum atomic E-state index is -0.679. The number of rotatable bonds is 6. The van der Waals surface area contributed by atoms with Gasteiger partial charge in [0.2, 0.25) is 11.8 Å². The van der Waals surface area contributed by atoms with Crippen LogP contribution >= 0.6 is 0 Å². The summed E-state index contributed by atoms with van der Waals surface area (Å²) >= 11 is 0. The highest BCUT2D eigenvalue weighted by atomic mass is 16.5. The SMILES string of the molecule is COc1cccc(CC2(Cc3cccc(OC)n3)c3ccccc3C(O)c3ccccc32)n1. The summed E-state index contributed by atoms with van der Waals surface area (Å²) in [7, 11) is 3.26. The molecule has 0 spiro atoms. The Balaban J connectivity index is 1.75. The zero-order chi connectivity index (χ0) is 22.8. The van der Waals surface area contributed by atoms with E-state index in [1.165, 1.54) is 0 Å². The first-order valence-corrected chi connectivity index (χ1v) is 11.0. The van der Waals surface area contributed by atoms with Crippen LogP contribution in [-0.4, -0.2) is 29.3 Å². The Bertz CT molecular complexity index is 1190. The number of fused-ring (bicyclic) bond motifs is 2. The highest BCUT2D eigenvalue weighted by Gasteiger charge is 2.44. The summed E-state index contributed by atoms with van der Waals surface area (Å²) < 4.78 is 10.8. The summed E-state index contributed by atoms with van der Waals surface area (Å²) in [6.45, 7) is 0. The van der Waals surface area contributed by atoms with Crippen molar-refractivity contribution < 1.29 is 14.6 Å². The molecular weight excluding hydrogens is 412 g/mol. The fourth-order valence-corrected chi connectivity index (χ4v) is 5.06. The molecule has 0 bridgehead atoms. The normalized spacial score (nSPS) is 14.3. The van der Waals surface area contributed by atoms with Gasteiger partial charge in [-0.25, -0.2) is 9.97 Å². The molecule has 2 aromatic carbocycles. The van der Waals surface area contributed by atoms with Crippen molar-refractivity contribution in [3.05, 3.63) is 119 Å². The van der Waals surface area contributed by atoms with Gasteiger partial charge in [-0.05, 0) is 34.4 Å².